The Balaban J connectivity index is 1.76. The maximum Gasteiger partial charge on any atom is 0.0474 e. The SMILES string of the molecule is CNC(C)c1ccc(N2CCN3CCCC3C2)cc1Cl. The lowest BCUT2D eigenvalue weighted by Gasteiger charge is -2.39. The van der Waals surface area contributed by atoms with Crippen LogP contribution in [0.3, 0.4) is 0 Å². The van der Waals surface area contributed by atoms with Gasteiger partial charge in [-0.25, -0.2) is 0 Å². The summed E-state index contributed by atoms with van der Waals surface area (Å²) in [6.45, 7) is 6.89. The Bertz CT molecular complexity index is 477. The molecule has 0 radical (unpaired) electrons. The number of benzene rings is 1. The molecular formula is C16H24ClN3. The standard InChI is InChI=1S/C16H24ClN3/c1-12(18-2)15-6-5-13(10-16(15)17)20-9-8-19-7-3-4-14(19)11-20/h5-6,10,12,14,18H,3-4,7-9,11H2,1-2H3. The normalized spacial score (nSPS) is 24.8. The van der Waals surface area contributed by atoms with Crippen molar-refractivity contribution in [1.82, 2.24) is 10.2 Å². The zero-order chi connectivity index (χ0) is 14.1. The van der Waals surface area contributed by atoms with Crippen molar-refractivity contribution in [2.75, 3.05) is 38.1 Å². The van der Waals surface area contributed by atoms with E-state index in [0.29, 0.717) is 6.04 Å². The number of hydrogen-bond acceptors (Lipinski definition) is 3. The van der Waals surface area contributed by atoms with Gasteiger partial charge in [0.05, 0.1) is 0 Å². The minimum absolute atomic E-state index is 0.295. The van der Waals surface area contributed by atoms with Crippen LogP contribution in [0.4, 0.5) is 5.69 Å². The molecule has 2 aliphatic rings. The molecule has 0 saturated carbocycles. The molecule has 0 bridgehead atoms. The average Bonchev–Trinajstić information content (AvgIpc) is 2.93. The Labute approximate surface area is 126 Å². The highest BCUT2D eigenvalue weighted by Crippen LogP contribution is 2.30. The summed E-state index contributed by atoms with van der Waals surface area (Å²) < 4.78 is 0. The molecule has 4 heteroatoms. The molecule has 1 aromatic rings. The highest BCUT2D eigenvalue weighted by Gasteiger charge is 2.30. The van der Waals surface area contributed by atoms with E-state index in [1.165, 1.54) is 37.2 Å². The van der Waals surface area contributed by atoms with Crippen LogP contribution >= 0.6 is 11.6 Å². The Hall–Kier alpha value is -0.770. The third-order valence-electron chi connectivity index (χ3n) is 4.84. The summed E-state index contributed by atoms with van der Waals surface area (Å²) in [5.74, 6) is 0. The third kappa shape index (κ3) is 2.67. The van der Waals surface area contributed by atoms with Gasteiger partial charge in [0.25, 0.3) is 0 Å². The largest absolute Gasteiger partial charge is 0.369 e. The molecule has 3 nitrogen and oxygen atoms in total. The molecule has 2 atom stereocenters. The van der Waals surface area contributed by atoms with E-state index in [4.69, 9.17) is 11.6 Å². The van der Waals surface area contributed by atoms with Gasteiger partial charge in [0, 0.05) is 42.4 Å². The molecule has 2 fully saturated rings. The minimum Gasteiger partial charge on any atom is -0.369 e. The molecule has 0 spiro atoms. The van der Waals surface area contributed by atoms with Crippen LogP contribution in [0.2, 0.25) is 5.02 Å². The lowest BCUT2D eigenvalue weighted by Crippen LogP contribution is -2.50. The van der Waals surface area contributed by atoms with Gasteiger partial charge in [-0.15, -0.1) is 0 Å². The van der Waals surface area contributed by atoms with Crippen LogP contribution in [-0.2, 0) is 0 Å². The molecule has 0 amide bonds. The number of piperazine rings is 1. The van der Waals surface area contributed by atoms with Gasteiger partial charge in [0.2, 0.25) is 0 Å². The zero-order valence-electron chi connectivity index (χ0n) is 12.4. The second kappa shape index (κ2) is 5.92. The van der Waals surface area contributed by atoms with E-state index in [1.807, 2.05) is 7.05 Å². The van der Waals surface area contributed by atoms with Gasteiger partial charge < -0.3 is 10.2 Å². The molecule has 1 aromatic carbocycles. The van der Waals surface area contributed by atoms with E-state index in [0.717, 1.165) is 24.2 Å². The molecule has 2 saturated heterocycles. The molecular weight excluding hydrogens is 270 g/mol. The predicted molar refractivity (Wildman–Crippen MR) is 85.7 cm³/mol. The van der Waals surface area contributed by atoms with Crippen molar-refractivity contribution in [3.8, 4) is 0 Å². The summed E-state index contributed by atoms with van der Waals surface area (Å²) in [5.41, 5.74) is 2.45. The van der Waals surface area contributed by atoms with Crippen LogP contribution in [0.5, 0.6) is 0 Å². The topological polar surface area (TPSA) is 18.5 Å². The molecule has 2 unspecified atom stereocenters. The van der Waals surface area contributed by atoms with E-state index in [1.54, 1.807) is 0 Å². The fourth-order valence-corrected chi connectivity index (χ4v) is 3.78. The molecule has 110 valence electrons. The maximum absolute atomic E-state index is 6.46. The molecule has 0 aliphatic carbocycles. The van der Waals surface area contributed by atoms with Crippen molar-refractivity contribution in [3.05, 3.63) is 28.8 Å². The van der Waals surface area contributed by atoms with Gasteiger partial charge in [-0.2, -0.15) is 0 Å². The van der Waals surface area contributed by atoms with E-state index >= 15 is 0 Å². The summed E-state index contributed by atoms with van der Waals surface area (Å²) in [6, 6.07) is 7.57. The molecule has 2 aliphatic heterocycles. The number of nitrogens with one attached hydrogen (secondary N) is 1. The first-order valence-electron chi connectivity index (χ1n) is 7.64. The van der Waals surface area contributed by atoms with Crippen LogP contribution in [0.15, 0.2) is 18.2 Å². The molecule has 1 N–H and O–H groups in total. The van der Waals surface area contributed by atoms with Crippen LogP contribution in [0.25, 0.3) is 0 Å². The van der Waals surface area contributed by atoms with Gasteiger partial charge in [-0.05, 0) is 51.1 Å². The van der Waals surface area contributed by atoms with Crippen molar-refractivity contribution in [3.63, 3.8) is 0 Å². The van der Waals surface area contributed by atoms with E-state index in [9.17, 15) is 0 Å². The van der Waals surface area contributed by atoms with Crippen molar-refractivity contribution in [2.24, 2.45) is 0 Å². The molecule has 20 heavy (non-hydrogen) atoms. The van der Waals surface area contributed by atoms with Gasteiger partial charge in [-0.3, -0.25) is 4.90 Å². The van der Waals surface area contributed by atoms with Crippen LogP contribution in [-0.4, -0.2) is 44.2 Å². The van der Waals surface area contributed by atoms with Gasteiger partial charge in [0.15, 0.2) is 0 Å². The van der Waals surface area contributed by atoms with Crippen LogP contribution in [0.1, 0.15) is 31.4 Å². The maximum atomic E-state index is 6.46. The Morgan fingerprint density at radius 2 is 2.15 bits per heavy atom. The second-order valence-electron chi connectivity index (χ2n) is 5.99. The first-order chi connectivity index (χ1) is 9.69. The lowest BCUT2D eigenvalue weighted by molar-refractivity contribution is 0.231. The third-order valence-corrected chi connectivity index (χ3v) is 5.16. The molecule has 3 rings (SSSR count). The van der Waals surface area contributed by atoms with Crippen molar-refractivity contribution in [1.29, 1.82) is 0 Å². The minimum atomic E-state index is 0.295. The smallest absolute Gasteiger partial charge is 0.0474 e. The predicted octanol–water partition coefficient (Wildman–Crippen LogP) is 2.90. The Morgan fingerprint density at radius 3 is 2.90 bits per heavy atom. The first kappa shape index (κ1) is 14.2. The summed E-state index contributed by atoms with van der Waals surface area (Å²) >= 11 is 6.46. The highest BCUT2D eigenvalue weighted by atomic mass is 35.5. The fraction of sp³-hybridized carbons (Fsp3) is 0.625. The lowest BCUT2D eigenvalue weighted by atomic mass is 10.1. The summed E-state index contributed by atoms with van der Waals surface area (Å²) in [5, 5.41) is 4.12. The molecule has 2 heterocycles. The average molecular weight is 294 g/mol. The van der Waals surface area contributed by atoms with Crippen LogP contribution < -0.4 is 10.2 Å². The number of halogens is 1. The number of rotatable bonds is 3. The van der Waals surface area contributed by atoms with E-state index in [2.05, 4.69) is 40.2 Å². The fourth-order valence-electron chi connectivity index (χ4n) is 3.45. The zero-order valence-corrected chi connectivity index (χ0v) is 13.2. The Morgan fingerprint density at radius 1 is 1.30 bits per heavy atom. The monoisotopic (exact) mass is 293 g/mol. The van der Waals surface area contributed by atoms with Gasteiger partial charge in [0.1, 0.15) is 0 Å². The number of anilines is 1. The summed E-state index contributed by atoms with van der Waals surface area (Å²) in [7, 11) is 1.97. The number of nitrogens with zero attached hydrogens (tertiary/aromatic N) is 2. The second-order valence-corrected chi connectivity index (χ2v) is 6.40. The summed E-state index contributed by atoms with van der Waals surface area (Å²) in [4.78, 5) is 5.13. The van der Waals surface area contributed by atoms with E-state index in [-0.39, 0.29) is 0 Å². The number of fused-ring (bicyclic) bond motifs is 1. The van der Waals surface area contributed by atoms with Crippen molar-refractivity contribution < 1.29 is 0 Å². The quantitative estimate of drug-likeness (QED) is 0.924. The molecule has 0 aromatic heterocycles. The van der Waals surface area contributed by atoms with Gasteiger partial charge in [-0.1, -0.05) is 17.7 Å². The highest BCUT2D eigenvalue weighted by molar-refractivity contribution is 6.31. The summed E-state index contributed by atoms with van der Waals surface area (Å²) in [6.07, 6.45) is 2.71. The number of hydrogen-bond donors (Lipinski definition) is 1. The van der Waals surface area contributed by atoms with Gasteiger partial charge >= 0.3 is 0 Å². The Kier molecular flexibility index (Phi) is 4.20. The van der Waals surface area contributed by atoms with E-state index < -0.39 is 0 Å². The van der Waals surface area contributed by atoms with Crippen molar-refractivity contribution in [2.45, 2.75) is 31.8 Å². The first-order valence-corrected chi connectivity index (χ1v) is 8.02. The van der Waals surface area contributed by atoms with Crippen molar-refractivity contribution >= 4 is 17.3 Å². The van der Waals surface area contributed by atoms with Crippen LogP contribution in [0, 0.1) is 0 Å².